The molecule has 8 heteroatoms. The number of amides is 2. The molecule has 1 aliphatic heterocycles. The maximum absolute atomic E-state index is 13.3. The molecule has 0 aliphatic carbocycles. The zero-order valence-corrected chi connectivity index (χ0v) is 17.2. The predicted molar refractivity (Wildman–Crippen MR) is 108 cm³/mol. The Labute approximate surface area is 168 Å². The third kappa shape index (κ3) is 3.70. The third-order valence-electron chi connectivity index (χ3n) is 5.22. The summed E-state index contributed by atoms with van der Waals surface area (Å²) in [6, 6.07) is 4.64. The monoisotopic (exact) mass is 399 g/mol. The number of carbonyl (C=O) groups is 2. The summed E-state index contributed by atoms with van der Waals surface area (Å²) in [5, 5.41) is 2.62. The highest BCUT2D eigenvalue weighted by Gasteiger charge is 2.36. The highest BCUT2D eigenvalue weighted by Crippen LogP contribution is 2.35. The summed E-state index contributed by atoms with van der Waals surface area (Å²) < 4.78 is 10.7. The number of aromatic nitrogens is 1. The van der Waals surface area contributed by atoms with Gasteiger partial charge < -0.3 is 24.7 Å². The highest BCUT2D eigenvalue weighted by molar-refractivity contribution is 5.98. The number of hydrogen-bond donors (Lipinski definition) is 2. The minimum atomic E-state index is -0.738. The molecule has 29 heavy (non-hydrogen) atoms. The summed E-state index contributed by atoms with van der Waals surface area (Å²) in [6.07, 6.45) is 0.309. The third-order valence-corrected chi connectivity index (χ3v) is 5.22. The Morgan fingerprint density at radius 3 is 2.28 bits per heavy atom. The average molecular weight is 399 g/mol. The Hall–Kier alpha value is -3.29. The Morgan fingerprint density at radius 1 is 1.10 bits per heavy atom. The fraction of sp³-hybridized carbons (Fsp3) is 0.381. The Bertz CT molecular complexity index is 1030. The number of H-pyrrole nitrogens is 1. The quantitative estimate of drug-likeness (QED) is 0.808. The van der Waals surface area contributed by atoms with Crippen molar-refractivity contribution < 1.29 is 19.1 Å². The molecule has 0 fully saturated rings. The number of methoxy groups -OCH3 is 2. The van der Waals surface area contributed by atoms with E-state index in [2.05, 4.69) is 10.3 Å². The van der Waals surface area contributed by atoms with Crippen molar-refractivity contribution in [3.8, 4) is 11.5 Å². The van der Waals surface area contributed by atoms with E-state index >= 15 is 0 Å². The maximum Gasteiger partial charge on any atom is 0.261 e. The first-order valence-corrected chi connectivity index (χ1v) is 9.27. The Morgan fingerprint density at radius 2 is 1.72 bits per heavy atom. The van der Waals surface area contributed by atoms with Crippen LogP contribution < -0.4 is 20.3 Å². The van der Waals surface area contributed by atoms with Gasteiger partial charge in [-0.15, -0.1) is 0 Å². The lowest BCUT2D eigenvalue weighted by Gasteiger charge is -2.36. The lowest BCUT2D eigenvalue weighted by Crippen LogP contribution is -2.52. The molecule has 154 valence electrons. The summed E-state index contributed by atoms with van der Waals surface area (Å²) in [6.45, 7) is 3.66. The van der Waals surface area contributed by atoms with Gasteiger partial charge in [-0.1, -0.05) is 0 Å². The van der Waals surface area contributed by atoms with Gasteiger partial charge in [-0.2, -0.15) is 0 Å². The van der Waals surface area contributed by atoms with Crippen molar-refractivity contribution >= 4 is 11.8 Å². The molecule has 0 radical (unpaired) electrons. The Kier molecular flexibility index (Phi) is 5.63. The van der Waals surface area contributed by atoms with E-state index in [0.717, 1.165) is 11.1 Å². The summed E-state index contributed by atoms with van der Waals surface area (Å²) in [4.78, 5) is 42.5. The molecule has 2 amide bonds. The van der Waals surface area contributed by atoms with Crippen molar-refractivity contribution in [2.45, 2.75) is 32.9 Å². The van der Waals surface area contributed by atoms with Crippen LogP contribution in [-0.2, 0) is 17.8 Å². The number of nitrogens with one attached hydrogen (secondary N) is 2. The molecule has 1 aliphatic rings. The van der Waals surface area contributed by atoms with Crippen LogP contribution in [0, 0.1) is 13.8 Å². The lowest BCUT2D eigenvalue weighted by molar-refractivity contribution is -0.125. The fourth-order valence-electron chi connectivity index (χ4n) is 3.79. The fourth-order valence-corrected chi connectivity index (χ4v) is 3.79. The molecular weight excluding hydrogens is 374 g/mol. The number of nitrogens with zero attached hydrogens (tertiary/aromatic N) is 1. The highest BCUT2D eigenvalue weighted by atomic mass is 16.5. The summed E-state index contributed by atoms with van der Waals surface area (Å²) in [5.41, 5.74) is 2.58. The first kappa shape index (κ1) is 20.4. The van der Waals surface area contributed by atoms with E-state index in [1.54, 1.807) is 40.2 Å². The van der Waals surface area contributed by atoms with Crippen LogP contribution in [0.25, 0.3) is 0 Å². The summed E-state index contributed by atoms with van der Waals surface area (Å²) in [7, 11) is 4.61. The second-order valence-corrected chi connectivity index (χ2v) is 7.08. The molecule has 2 N–H and O–H groups in total. The minimum absolute atomic E-state index is 0.0495. The van der Waals surface area contributed by atoms with Crippen LogP contribution >= 0.6 is 0 Å². The Balaban J connectivity index is 2.09. The largest absolute Gasteiger partial charge is 0.493 e. The number of likely N-dealkylation sites (N-methyl/N-ethyl adjacent to an activating group) is 1. The number of carbonyl (C=O) groups excluding carboxylic acids is 2. The van der Waals surface area contributed by atoms with Gasteiger partial charge in [0.15, 0.2) is 11.5 Å². The van der Waals surface area contributed by atoms with E-state index in [-0.39, 0.29) is 18.0 Å². The topological polar surface area (TPSA) is 101 Å². The van der Waals surface area contributed by atoms with Gasteiger partial charge in [0.25, 0.3) is 11.5 Å². The molecule has 2 aromatic rings. The number of aromatic amines is 1. The van der Waals surface area contributed by atoms with Crippen LogP contribution in [0.3, 0.4) is 0 Å². The van der Waals surface area contributed by atoms with Crippen molar-refractivity contribution in [3.05, 3.63) is 56.5 Å². The molecule has 0 spiro atoms. The molecular formula is C21H25N3O5. The molecule has 1 aromatic carbocycles. The average Bonchev–Trinajstić information content (AvgIpc) is 2.70. The van der Waals surface area contributed by atoms with Gasteiger partial charge in [-0.3, -0.25) is 14.4 Å². The van der Waals surface area contributed by atoms with Crippen LogP contribution in [0.4, 0.5) is 0 Å². The molecule has 3 rings (SSSR count). The van der Waals surface area contributed by atoms with Gasteiger partial charge in [0.1, 0.15) is 11.6 Å². The zero-order chi connectivity index (χ0) is 21.3. The van der Waals surface area contributed by atoms with Crippen molar-refractivity contribution in [2.24, 2.45) is 0 Å². The van der Waals surface area contributed by atoms with E-state index in [1.165, 1.54) is 11.9 Å². The van der Waals surface area contributed by atoms with E-state index in [9.17, 15) is 14.4 Å². The molecule has 8 nitrogen and oxygen atoms in total. The lowest BCUT2D eigenvalue weighted by atomic mass is 9.92. The number of aryl methyl sites for hydroxylation is 2. The van der Waals surface area contributed by atoms with Crippen LogP contribution in [0.1, 0.15) is 32.7 Å². The number of rotatable bonds is 4. The maximum atomic E-state index is 13.3. The van der Waals surface area contributed by atoms with Gasteiger partial charge in [0.05, 0.1) is 14.2 Å². The van der Waals surface area contributed by atoms with Gasteiger partial charge in [0.2, 0.25) is 5.91 Å². The number of pyridine rings is 1. The van der Waals surface area contributed by atoms with Crippen molar-refractivity contribution in [2.75, 3.05) is 21.3 Å². The van der Waals surface area contributed by atoms with Gasteiger partial charge >= 0.3 is 0 Å². The molecule has 0 unspecified atom stereocenters. The van der Waals surface area contributed by atoms with E-state index in [1.807, 2.05) is 6.07 Å². The molecule has 0 saturated heterocycles. The summed E-state index contributed by atoms with van der Waals surface area (Å²) >= 11 is 0. The summed E-state index contributed by atoms with van der Waals surface area (Å²) in [5.74, 6) is 0.340. The van der Waals surface area contributed by atoms with E-state index in [4.69, 9.17) is 9.47 Å². The molecule has 0 bridgehead atoms. The number of fused-ring (bicyclic) bond motifs is 1. The molecule has 1 atom stereocenters. The molecule has 0 saturated carbocycles. The second kappa shape index (κ2) is 7.98. The SMILES string of the molecule is CNC(=O)[C@@H]1Cc2cc(OC)c(OC)cc2CN1C(=O)c1c(C)cc(C)[nH]c1=O. The van der Waals surface area contributed by atoms with Gasteiger partial charge in [-0.25, -0.2) is 0 Å². The minimum Gasteiger partial charge on any atom is -0.493 e. The normalized spacial score (nSPS) is 15.5. The zero-order valence-electron chi connectivity index (χ0n) is 17.2. The number of benzene rings is 1. The van der Waals surface area contributed by atoms with Crippen LogP contribution in [0.5, 0.6) is 11.5 Å². The molecule has 2 heterocycles. The van der Waals surface area contributed by atoms with Crippen LogP contribution in [0.2, 0.25) is 0 Å². The first-order chi connectivity index (χ1) is 13.8. The van der Waals surface area contributed by atoms with Crippen molar-refractivity contribution in [1.82, 2.24) is 15.2 Å². The number of ether oxygens (including phenoxy) is 2. The van der Waals surface area contributed by atoms with Crippen molar-refractivity contribution in [3.63, 3.8) is 0 Å². The van der Waals surface area contributed by atoms with Crippen molar-refractivity contribution in [1.29, 1.82) is 0 Å². The van der Waals surface area contributed by atoms with Crippen LogP contribution in [-0.4, -0.2) is 49.0 Å². The number of hydrogen-bond acceptors (Lipinski definition) is 5. The standard InChI is InChI=1S/C21H25N3O5/c1-11-6-12(2)23-20(26)18(11)21(27)24-10-14-9-17(29-5)16(28-4)8-13(14)7-15(24)19(25)22-3/h6,8-9,15H,7,10H2,1-5H3,(H,22,25)(H,23,26)/t15-/m0/s1. The van der Waals surface area contributed by atoms with E-state index < -0.39 is 17.5 Å². The second-order valence-electron chi connectivity index (χ2n) is 7.08. The van der Waals surface area contributed by atoms with Gasteiger partial charge in [-0.05, 0) is 48.7 Å². The first-order valence-electron chi connectivity index (χ1n) is 9.27. The molecule has 1 aromatic heterocycles. The van der Waals surface area contributed by atoms with Crippen LogP contribution in [0.15, 0.2) is 23.0 Å². The van der Waals surface area contributed by atoms with Gasteiger partial charge in [0, 0.05) is 25.7 Å². The smallest absolute Gasteiger partial charge is 0.261 e. The predicted octanol–water partition coefficient (Wildman–Crippen LogP) is 1.32. The van der Waals surface area contributed by atoms with E-state index in [0.29, 0.717) is 29.2 Å².